The first kappa shape index (κ1) is 10.6. The lowest BCUT2D eigenvalue weighted by molar-refractivity contribution is -0.150. The van der Waals surface area contributed by atoms with Gasteiger partial charge in [-0.3, -0.25) is 0 Å². The summed E-state index contributed by atoms with van der Waals surface area (Å²) in [5, 5.41) is 12.2. The highest BCUT2D eigenvalue weighted by molar-refractivity contribution is 5.71. The Balaban J connectivity index is 2.41. The van der Waals surface area contributed by atoms with Crippen LogP contribution in [0, 0.1) is 0 Å². The monoisotopic (exact) mass is 200 g/mol. The van der Waals surface area contributed by atoms with Crippen LogP contribution in [-0.4, -0.2) is 27.3 Å². The Hall–Kier alpha value is -1.43. The van der Waals surface area contributed by atoms with Gasteiger partial charge in [0.2, 0.25) is 0 Å². The Bertz CT molecular complexity index is 310. The van der Waals surface area contributed by atoms with Crippen LogP contribution in [0.3, 0.4) is 0 Å². The Kier molecular flexibility index (Phi) is 3.58. The molecule has 0 aliphatic rings. The number of hydrogen-bond donors (Lipinski definition) is 1. The molecule has 0 aliphatic carbocycles. The zero-order chi connectivity index (χ0) is 10.6. The Labute approximate surface area is 80.9 Å². The third kappa shape index (κ3) is 2.81. The summed E-state index contributed by atoms with van der Waals surface area (Å²) >= 11 is 0. The molecule has 0 radical (unpaired) electrons. The lowest BCUT2D eigenvalue weighted by atomic mass is 10.4. The number of ether oxygens (including phenoxy) is 1. The van der Waals surface area contributed by atoms with E-state index in [1.54, 1.807) is 0 Å². The molecule has 78 valence electrons. The number of carboxylic acids is 1. The molecule has 0 unspecified atom stereocenters. The van der Waals surface area contributed by atoms with E-state index in [4.69, 9.17) is 14.4 Å². The van der Waals surface area contributed by atoms with Gasteiger partial charge in [-0.1, -0.05) is 12.1 Å². The maximum atomic E-state index is 10.4. The van der Waals surface area contributed by atoms with Gasteiger partial charge in [0, 0.05) is 6.42 Å². The van der Waals surface area contributed by atoms with Crippen LogP contribution in [-0.2, 0) is 22.6 Å². The minimum Gasteiger partial charge on any atom is -0.479 e. The van der Waals surface area contributed by atoms with E-state index in [2.05, 4.69) is 10.1 Å². The van der Waals surface area contributed by atoms with Crippen LogP contribution < -0.4 is 0 Å². The van der Waals surface area contributed by atoms with Gasteiger partial charge in [-0.15, -0.1) is 0 Å². The molecule has 1 aromatic heterocycles. The summed E-state index contributed by atoms with van der Waals surface area (Å²) in [6, 6.07) is 0. The molecule has 0 aliphatic heterocycles. The molecule has 1 aromatic rings. The largest absolute Gasteiger partial charge is 0.479 e. The summed E-state index contributed by atoms with van der Waals surface area (Å²) in [6.07, 6.45) is -0.190. The number of aromatic nitrogens is 2. The van der Waals surface area contributed by atoms with Crippen molar-refractivity contribution >= 4 is 5.97 Å². The van der Waals surface area contributed by atoms with E-state index < -0.39 is 12.1 Å². The number of aryl methyl sites for hydroxylation is 1. The van der Waals surface area contributed by atoms with Gasteiger partial charge in [-0.25, -0.2) is 4.79 Å². The highest BCUT2D eigenvalue weighted by atomic mass is 16.5. The number of hydrogen-bond acceptors (Lipinski definition) is 5. The van der Waals surface area contributed by atoms with E-state index >= 15 is 0 Å². The molecule has 0 spiro atoms. The van der Waals surface area contributed by atoms with Crippen molar-refractivity contribution in [2.75, 3.05) is 0 Å². The van der Waals surface area contributed by atoms with Crippen molar-refractivity contribution in [2.24, 2.45) is 0 Å². The van der Waals surface area contributed by atoms with Gasteiger partial charge in [0.1, 0.15) is 6.61 Å². The van der Waals surface area contributed by atoms with Gasteiger partial charge in [0.25, 0.3) is 5.89 Å². The summed E-state index contributed by atoms with van der Waals surface area (Å²) < 4.78 is 9.76. The summed E-state index contributed by atoms with van der Waals surface area (Å²) in [7, 11) is 0. The molecule has 6 nitrogen and oxygen atoms in total. The topological polar surface area (TPSA) is 85.5 Å². The quantitative estimate of drug-likeness (QED) is 0.749. The second kappa shape index (κ2) is 4.71. The van der Waals surface area contributed by atoms with Crippen molar-refractivity contribution in [3.05, 3.63) is 11.7 Å². The third-order valence-electron chi connectivity index (χ3n) is 1.63. The number of carbonyl (C=O) groups is 1. The van der Waals surface area contributed by atoms with Crippen molar-refractivity contribution in [3.63, 3.8) is 0 Å². The first-order valence-corrected chi connectivity index (χ1v) is 4.29. The van der Waals surface area contributed by atoms with Crippen LogP contribution in [0.25, 0.3) is 0 Å². The summed E-state index contributed by atoms with van der Waals surface area (Å²) in [5.74, 6) is -0.123. The average molecular weight is 200 g/mol. The SMILES string of the molecule is CCc1noc(CO[C@@H](C)C(=O)O)n1. The molecular weight excluding hydrogens is 188 g/mol. The number of aliphatic carboxylic acids is 1. The first-order chi connectivity index (χ1) is 6.63. The molecule has 1 atom stereocenters. The number of rotatable bonds is 5. The van der Waals surface area contributed by atoms with E-state index in [-0.39, 0.29) is 6.61 Å². The molecular formula is C8H12N2O4. The summed E-state index contributed by atoms with van der Waals surface area (Å²) in [4.78, 5) is 14.4. The maximum absolute atomic E-state index is 10.4. The Morgan fingerprint density at radius 2 is 2.43 bits per heavy atom. The molecule has 6 heteroatoms. The predicted octanol–water partition coefficient (Wildman–Crippen LogP) is 0.622. The molecule has 0 aromatic carbocycles. The molecule has 14 heavy (non-hydrogen) atoms. The Morgan fingerprint density at radius 3 is 2.93 bits per heavy atom. The smallest absolute Gasteiger partial charge is 0.332 e. The lowest BCUT2D eigenvalue weighted by Gasteiger charge is -2.04. The molecule has 0 bridgehead atoms. The lowest BCUT2D eigenvalue weighted by Crippen LogP contribution is -2.19. The minimum absolute atomic E-state index is 0.0282. The molecule has 0 saturated carbocycles. The molecule has 1 N–H and O–H groups in total. The fraction of sp³-hybridized carbons (Fsp3) is 0.625. The molecule has 0 saturated heterocycles. The number of nitrogens with zero attached hydrogens (tertiary/aromatic N) is 2. The van der Waals surface area contributed by atoms with Crippen LogP contribution in [0.1, 0.15) is 25.6 Å². The molecule has 1 rings (SSSR count). The van der Waals surface area contributed by atoms with E-state index in [1.165, 1.54) is 6.92 Å². The maximum Gasteiger partial charge on any atom is 0.332 e. The van der Waals surface area contributed by atoms with Crippen LogP contribution in [0.4, 0.5) is 0 Å². The fourth-order valence-corrected chi connectivity index (χ4v) is 0.760. The van der Waals surface area contributed by atoms with Gasteiger partial charge in [0.15, 0.2) is 11.9 Å². The predicted molar refractivity (Wildman–Crippen MR) is 45.6 cm³/mol. The molecule has 1 heterocycles. The number of carboxylic acid groups (broad SMARTS) is 1. The van der Waals surface area contributed by atoms with Crippen LogP contribution in [0.15, 0.2) is 4.52 Å². The second-order valence-electron chi connectivity index (χ2n) is 2.75. The van der Waals surface area contributed by atoms with Crippen LogP contribution in [0.5, 0.6) is 0 Å². The molecule has 0 fully saturated rings. The average Bonchev–Trinajstić information content (AvgIpc) is 2.61. The summed E-state index contributed by atoms with van der Waals surface area (Å²) in [6.45, 7) is 3.37. The zero-order valence-corrected chi connectivity index (χ0v) is 8.06. The van der Waals surface area contributed by atoms with Crippen LogP contribution in [0.2, 0.25) is 0 Å². The Morgan fingerprint density at radius 1 is 1.71 bits per heavy atom. The van der Waals surface area contributed by atoms with E-state index in [0.717, 1.165) is 0 Å². The van der Waals surface area contributed by atoms with E-state index in [0.29, 0.717) is 18.1 Å². The van der Waals surface area contributed by atoms with Gasteiger partial charge < -0.3 is 14.4 Å². The zero-order valence-electron chi connectivity index (χ0n) is 8.06. The van der Waals surface area contributed by atoms with E-state index in [9.17, 15) is 4.79 Å². The van der Waals surface area contributed by atoms with Crippen molar-refractivity contribution in [2.45, 2.75) is 33.0 Å². The first-order valence-electron chi connectivity index (χ1n) is 4.29. The fourth-order valence-electron chi connectivity index (χ4n) is 0.760. The third-order valence-corrected chi connectivity index (χ3v) is 1.63. The van der Waals surface area contributed by atoms with Gasteiger partial charge in [0.05, 0.1) is 0 Å². The van der Waals surface area contributed by atoms with E-state index in [1.807, 2.05) is 6.92 Å². The standard InChI is InChI=1S/C8H12N2O4/c1-3-6-9-7(14-10-6)4-13-5(2)8(11)12/h5H,3-4H2,1-2H3,(H,11,12)/t5-/m0/s1. The van der Waals surface area contributed by atoms with Gasteiger partial charge >= 0.3 is 5.97 Å². The normalized spacial score (nSPS) is 12.7. The van der Waals surface area contributed by atoms with Gasteiger partial charge in [-0.2, -0.15) is 4.98 Å². The van der Waals surface area contributed by atoms with Crippen molar-refractivity contribution < 1.29 is 19.2 Å². The van der Waals surface area contributed by atoms with Crippen molar-refractivity contribution in [1.29, 1.82) is 0 Å². The van der Waals surface area contributed by atoms with Crippen LogP contribution >= 0.6 is 0 Å². The van der Waals surface area contributed by atoms with Crippen molar-refractivity contribution in [3.8, 4) is 0 Å². The van der Waals surface area contributed by atoms with Crippen molar-refractivity contribution in [1.82, 2.24) is 10.1 Å². The highest BCUT2D eigenvalue weighted by Crippen LogP contribution is 2.02. The second-order valence-corrected chi connectivity index (χ2v) is 2.75. The highest BCUT2D eigenvalue weighted by Gasteiger charge is 2.13. The molecule has 0 amide bonds. The summed E-state index contributed by atoms with van der Waals surface area (Å²) in [5.41, 5.74) is 0. The minimum atomic E-state index is -1.01. The van der Waals surface area contributed by atoms with Gasteiger partial charge in [-0.05, 0) is 6.92 Å².